The summed E-state index contributed by atoms with van der Waals surface area (Å²) >= 11 is 4.52. The summed E-state index contributed by atoms with van der Waals surface area (Å²) in [7, 11) is 0. The topological polar surface area (TPSA) is 34.1 Å². The molecule has 21 heavy (non-hydrogen) atoms. The van der Waals surface area contributed by atoms with E-state index in [9.17, 15) is 9.59 Å². The molecule has 0 saturated carbocycles. The van der Waals surface area contributed by atoms with Crippen LogP contribution in [0.15, 0.2) is 51.2 Å². The van der Waals surface area contributed by atoms with Crippen LogP contribution >= 0.6 is 34.0 Å². The highest BCUT2D eigenvalue weighted by Gasteiger charge is 2.26. The third-order valence-electron chi connectivity index (χ3n) is 3.24. The maximum atomic E-state index is 12.7. The predicted octanol–water partition coefficient (Wildman–Crippen LogP) is 5.11. The zero-order valence-electron chi connectivity index (χ0n) is 11.0. The Morgan fingerprint density at radius 1 is 0.952 bits per heavy atom. The predicted molar refractivity (Wildman–Crippen MR) is 89.0 cm³/mol. The van der Waals surface area contributed by atoms with Gasteiger partial charge in [-0.3, -0.25) is 9.59 Å². The van der Waals surface area contributed by atoms with Crippen LogP contribution in [0, 0.1) is 0 Å². The van der Waals surface area contributed by atoms with Crippen LogP contribution in [-0.2, 0) is 0 Å². The maximum absolute atomic E-state index is 12.7. The number of thiophene rings is 3. The minimum atomic E-state index is -0.382. The van der Waals surface area contributed by atoms with Gasteiger partial charge in [-0.2, -0.15) is 22.7 Å². The van der Waals surface area contributed by atoms with Gasteiger partial charge in [-0.25, -0.2) is 0 Å². The first kappa shape index (κ1) is 14.4. The van der Waals surface area contributed by atoms with Gasteiger partial charge >= 0.3 is 0 Å². The quantitative estimate of drug-likeness (QED) is 0.588. The molecule has 0 amide bonds. The van der Waals surface area contributed by atoms with Crippen LogP contribution in [0.25, 0.3) is 0 Å². The molecule has 3 heterocycles. The summed E-state index contributed by atoms with van der Waals surface area (Å²) in [5, 5.41) is 9.40. The highest BCUT2D eigenvalue weighted by atomic mass is 32.1. The molecule has 3 aromatic heterocycles. The Labute approximate surface area is 134 Å². The SMILES string of the molecule is O=C(CC(C(=O)c1ccsc1)c1cccs1)c1ccsc1. The van der Waals surface area contributed by atoms with E-state index in [0.717, 1.165) is 4.88 Å². The molecule has 0 bridgehead atoms. The lowest BCUT2D eigenvalue weighted by atomic mass is 9.91. The molecule has 0 saturated heterocycles. The van der Waals surface area contributed by atoms with E-state index in [2.05, 4.69) is 0 Å². The van der Waals surface area contributed by atoms with Gasteiger partial charge in [0.25, 0.3) is 0 Å². The molecular formula is C16H12O2S3. The molecule has 0 spiro atoms. The van der Waals surface area contributed by atoms with E-state index in [4.69, 9.17) is 0 Å². The van der Waals surface area contributed by atoms with Crippen molar-refractivity contribution in [3.63, 3.8) is 0 Å². The van der Waals surface area contributed by atoms with Crippen LogP contribution in [0.5, 0.6) is 0 Å². The molecule has 0 aliphatic heterocycles. The van der Waals surface area contributed by atoms with Gasteiger partial charge in [0, 0.05) is 33.2 Å². The zero-order chi connectivity index (χ0) is 14.7. The van der Waals surface area contributed by atoms with Crippen molar-refractivity contribution in [2.45, 2.75) is 12.3 Å². The molecular weight excluding hydrogens is 320 g/mol. The standard InChI is InChI=1S/C16H12O2S3/c17-14(11-3-6-19-9-11)8-13(15-2-1-5-21-15)16(18)12-4-7-20-10-12/h1-7,9-10,13H,8H2. The summed E-state index contributed by atoms with van der Waals surface area (Å²) in [6, 6.07) is 7.49. The van der Waals surface area contributed by atoms with Crippen LogP contribution in [0.3, 0.4) is 0 Å². The average Bonchev–Trinajstić information content (AvgIpc) is 3.27. The number of ketones is 2. The van der Waals surface area contributed by atoms with Crippen molar-refractivity contribution in [2.24, 2.45) is 0 Å². The summed E-state index contributed by atoms with van der Waals surface area (Å²) in [4.78, 5) is 26.0. The fourth-order valence-electron chi connectivity index (χ4n) is 2.14. The van der Waals surface area contributed by atoms with Gasteiger partial charge in [0.15, 0.2) is 11.6 Å². The van der Waals surface area contributed by atoms with Crippen LogP contribution in [0.4, 0.5) is 0 Å². The molecule has 0 fully saturated rings. The Bertz CT molecular complexity index is 710. The molecule has 3 rings (SSSR count). The highest BCUT2D eigenvalue weighted by Crippen LogP contribution is 2.30. The summed E-state index contributed by atoms with van der Waals surface area (Å²) in [6.45, 7) is 0. The maximum Gasteiger partial charge on any atom is 0.172 e. The van der Waals surface area contributed by atoms with E-state index in [1.54, 1.807) is 0 Å². The van der Waals surface area contributed by atoms with Crippen LogP contribution in [0.1, 0.15) is 37.9 Å². The van der Waals surface area contributed by atoms with Crippen molar-refractivity contribution in [2.75, 3.05) is 0 Å². The van der Waals surface area contributed by atoms with Gasteiger partial charge in [-0.1, -0.05) is 6.07 Å². The van der Waals surface area contributed by atoms with Crippen molar-refractivity contribution in [1.82, 2.24) is 0 Å². The first-order valence-corrected chi connectivity index (χ1v) is 9.17. The second-order valence-corrected chi connectivity index (χ2v) is 7.12. The average molecular weight is 332 g/mol. The molecule has 1 atom stereocenters. The minimum Gasteiger partial charge on any atom is -0.294 e. The first-order valence-electron chi connectivity index (χ1n) is 6.41. The number of hydrogen-bond acceptors (Lipinski definition) is 5. The Hall–Kier alpha value is -1.56. The second kappa shape index (κ2) is 6.47. The first-order chi connectivity index (χ1) is 10.3. The number of Topliss-reactive ketones (excluding diaryl/α,β-unsaturated/α-hetero) is 2. The Morgan fingerprint density at radius 3 is 2.24 bits per heavy atom. The van der Waals surface area contributed by atoms with E-state index >= 15 is 0 Å². The fraction of sp³-hybridized carbons (Fsp3) is 0.125. The van der Waals surface area contributed by atoms with E-state index in [0.29, 0.717) is 11.1 Å². The smallest absolute Gasteiger partial charge is 0.172 e. The molecule has 3 aromatic rings. The van der Waals surface area contributed by atoms with Gasteiger partial charge in [0.2, 0.25) is 0 Å². The largest absolute Gasteiger partial charge is 0.294 e. The van der Waals surface area contributed by atoms with Crippen LogP contribution in [-0.4, -0.2) is 11.6 Å². The van der Waals surface area contributed by atoms with Gasteiger partial charge in [-0.15, -0.1) is 11.3 Å². The Balaban J connectivity index is 1.87. The number of rotatable bonds is 6. The molecule has 0 aromatic carbocycles. The Morgan fingerprint density at radius 2 is 1.67 bits per heavy atom. The number of hydrogen-bond donors (Lipinski definition) is 0. The van der Waals surface area contributed by atoms with Crippen LogP contribution in [0.2, 0.25) is 0 Å². The second-order valence-electron chi connectivity index (χ2n) is 4.58. The normalized spacial score (nSPS) is 12.2. The van der Waals surface area contributed by atoms with Crippen molar-refractivity contribution < 1.29 is 9.59 Å². The summed E-state index contributed by atoms with van der Waals surface area (Å²) in [6.07, 6.45) is 0.228. The van der Waals surface area contributed by atoms with Crippen molar-refractivity contribution in [3.05, 3.63) is 67.2 Å². The molecule has 0 aliphatic carbocycles. The monoisotopic (exact) mass is 332 g/mol. The van der Waals surface area contributed by atoms with Crippen molar-refractivity contribution >= 4 is 45.6 Å². The molecule has 2 nitrogen and oxygen atoms in total. The third-order valence-corrected chi connectivity index (χ3v) is 5.59. The van der Waals surface area contributed by atoms with E-state index in [1.807, 2.05) is 51.2 Å². The Kier molecular flexibility index (Phi) is 4.43. The molecule has 1 unspecified atom stereocenters. The number of carbonyl (C=O) groups is 2. The van der Waals surface area contributed by atoms with Gasteiger partial charge in [0.05, 0.1) is 5.92 Å². The van der Waals surface area contributed by atoms with Crippen molar-refractivity contribution in [3.8, 4) is 0 Å². The van der Waals surface area contributed by atoms with E-state index in [1.165, 1.54) is 34.0 Å². The zero-order valence-corrected chi connectivity index (χ0v) is 13.5. The third kappa shape index (κ3) is 3.20. The molecule has 0 aliphatic rings. The fourth-order valence-corrected chi connectivity index (χ4v) is 4.28. The van der Waals surface area contributed by atoms with Crippen LogP contribution < -0.4 is 0 Å². The molecule has 106 valence electrons. The van der Waals surface area contributed by atoms with E-state index in [-0.39, 0.29) is 23.9 Å². The lowest BCUT2D eigenvalue weighted by Gasteiger charge is -2.12. The van der Waals surface area contributed by atoms with Gasteiger partial charge in [-0.05, 0) is 34.3 Å². The summed E-state index contributed by atoms with van der Waals surface area (Å²) < 4.78 is 0. The van der Waals surface area contributed by atoms with Gasteiger partial charge < -0.3 is 0 Å². The van der Waals surface area contributed by atoms with Gasteiger partial charge in [0.1, 0.15) is 0 Å². The lowest BCUT2D eigenvalue weighted by Crippen LogP contribution is -2.15. The minimum absolute atomic E-state index is 0.0261. The van der Waals surface area contributed by atoms with Crippen molar-refractivity contribution in [1.29, 1.82) is 0 Å². The summed E-state index contributed by atoms with van der Waals surface area (Å²) in [5.74, 6) is -0.326. The lowest BCUT2D eigenvalue weighted by molar-refractivity contribution is 0.0895. The molecule has 0 radical (unpaired) electrons. The highest BCUT2D eigenvalue weighted by molar-refractivity contribution is 7.10. The van der Waals surface area contributed by atoms with E-state index < -0.39 is 0 Å². The molecule has 5 heteroatoms. The summed E-state index contributed by atoms with van der Waals surface area (Å²) in [5.41, 5.74) is 1.39. The number of carbonyl (C=O) groups excluding carboxylic acids is 2. The molecule has 0 N–H and O–H groups in total.